The second-order valence-corrected chi connectivity index (χ2v) is 3.35. The molecule has 86 valence electrons. The van der Waals surface area contributed by atoms with Crippen LogP contribution in [0.1, 0.15) is 12.5 Å². The Morgan fingerprint density at radius 1 is 1.56 bits per heavy atom. The summed E-state index contributed by atoms with van der Waals surface area (Å²) in [5.74, 6) is -0.863. The lowest BCUT2D eigenvalue weighted by Gasteiger charge is -2.07. The zero-order valence-electron chi connectivity index (χ0n) is 8.61. The van der Waals surface area contributed by atoms with E-state index in [1.54, 1.807) is 6.92 Å². The molecule has 0 aromatic heterocycles. The quantitative estimate of drug-likeness (QED) is 0.797. The van der Waals surface area contributed by atoms with Crippen molar-refractivity contribution in [3.05, 3.63) is 28.8 Å². The van der Waals surface area contributed by atoms with Gasteiger partial charge in [-0.2, -0.15) is 0 Å². The maximum atomic E-state index is 10.4. The smallest absolute Gasteiger partial charge is 0.328 e. The summed E-state index contributed by atoms with van der Waals surface area (Å²) >= 11 is 5.83. The van der Waals surface area contributed by atoms with Gasteiger partial charge < -0.3 is 14.9 Å². The van der Waals surface area contributed by atoms with E-state index >= 15 is 0 Å². The first-order valence-electron chi connectivity index (χ1n) is 4.61. The first-order chi connectivity index (χ1) is 7.54. The lowest BCUT2D eigenvalue weighted by molar-refractivity contribution is -0.131. The highest BCUT2D eigenvalue weighted by Crippen LogP contribution is 2.32. The van der Waals surface area contributed by atoms with Crippen molar-refractivity contribution in [2.24, 2.45) is 0 Å². The third kappa shape index (κ3) is 3.17. The summed E-state index contributed by atoms with van der Waals surface area (Å²) < 4.78 is 5.15. The summed E-state index contributed by atoms with van der Waals surface area (Å²) in [5.41, 5.74) is 0.477. The number of rotatable bonds is 4. The lowest BCUT2D eigenvalue weighted by atomic mass is 10.2. The van der Waals surface area contributed by atoms with Crippen LogP contribution in [0, 0.1) is 0 Å². The molecule has 16 heavy (non-hydrogen) atoms. The standard InChI is InChI=1S/C11H11ClO4/c1-2-16-10-5-7(3-4-11(14)15)8(12)6-9(10)13/h3-6,13H,2H2,1H3,(H,14,15). The lowest BCUT2D eigenvalue weighted by Crippen LogP contribution is -1.93. The van der Waals surface area contributed by atoms with Crippen molar-refractivity contribution in [3.63, 3.8) is 0 Å². The van der Waals surface area contributed by atoms with Crippen molar-refractivity contribution in [2.75, 3.05) is 6.61 Å². The fourth-order valence-electron chi connectivity index (χ4n) is 1.12. The van der Waals surface area contributed by atoms with Crippen molar-refractivity contribution >= 4 is 23.6 Å². The predicted molar refractivity (Wildman–Crippen MR) is 61.0 cm³/mol. The number of carbonyl (C=O) groups is 1. The molecule has 4 nitrogen and oxygen atoms in total. The Hall–Kier alpha value is -1.68. The highest BCUT2D eigenvalue weighted by molar-refractivity contribution is 6.32. The van der Waals surface area contributed by atoms with Crippen molar-refractivity contribution < 1.29 is 19.7 Å². The Labute approximate surface area is 97.7 Å². The van der Waals surface area contributed by atoms with Gasteiger partial charge in [-0.15, -0.1) is 0 Å². The van der Waals surface area contributed by atoms with E-state index in [0.717, 1.165) is 6.08 Å². The van der Waals surface area contributed by atoms with Gasteiger partial charge in [-0.3, -0.25) is 0 Å². The van der Waals surface area contributed by atoms with Crippen LogP contribution in [0.2, 0.25) is 5.02 Å². The van der Waals surface area contributed by atoms with Crippen LogP contribution in [0.5, 0.6) is 11.5 Å². The number of carboxylic acid groups (broad SMARTS) is 1. The van der Waals surface area contributed by atoms with Gasteiger partial charge in [0.25, 0.3) is 0 Å². The molecule has 0 unspecified atom stereocenters. The topological polar surface area (TPSA) is 66.8 Å². The number of aromatic hydroxyl groups is 1. The van der Waals surface area contributed by atoms with E-state index in [0.29, 0.717) is 12.2 Å². The highest BCUT2D eigenvalue weighted by Gasteiger charge is 2.07. The Morgan fingerprint density at radius 2 is 2.25 bits per heavy atom. The minimum absolute atomic E-state index is 0.0701. The molecule has 0 spiro atoms. The van der Waals surface area contributed by atoms with Crippen LogP contribution in [0.3, 0.4) is 0 Å². The molecule has 0 fully saturated rings. The van der Waals surface area contributed by atoms with Crippen molar-refractivity contribution in [1.82, 2.24) is 0 Å². The Bertz CT molecular complexity index is 426. The number of carboxylic acids is 1. The van der Waals surface area contributed by atoms with Gasteiger partial charge >= 0.3 is 5.97 Å². The van der Waals surface area contributed by atoms with Gasteiger partial charge in [-0.1, -0.05) is 11.6 Å². The maximum Gasteiger partial charge on any atom is 0.328 e. The fourth-order valence-corrected chi connectivity index (χ4v) is 1.34. The minimum Gasteiger partial charge on any atom is -0.504 e. The number of ether oxygens (including phenoxy) is 1. The second-order valence-electron chi connectivity index (χ2n) is 2.95. The molecular formula is C11H11ClO4. The molecule has 1 aromatic rings. The summed E-state index contributed by atoms with van der Waals surface area (Å²) in [4.78, 5) is 10.4. The molecule has 1 rings (SSSR count). The summed E-state index contributed by atoms with van der Waals surface area (Å²) in [6, 6.07) is 2.80. The molecular weight excluding hydrogens is 232 g/mol. The minimum atomic E-state index is -1.07. The average molecular weight is 243 g/mol. The largest absolute Gasteiger partial charge is 0.504 e. The first-order valence-corrected chi connectivity index (χ1v) is 4.98. The van der Waals surface area contributed by atoms with Crippen molar-refractivity contribution in [3.8, 4) is 11.5 Å². The monoisotopic (exact) mass is 242 g/mol. The van der Waals surface area contributed by atoms with Crippen LogP contribution in [0.4, 0.5) is 0 Å². The third-order valence-electron chi connectivity index (χ3n) is 1.78. The van der Waals surface area contributed by atoms with Crippen LogP contribution < -0.4 is 4.74 Å². The van der Waals surface area contributed by atoms with Crippen LogP contribution in [0.25, 0.3) is 6.08 Å². The van der Waals surface area contributed by atoms with E-state index in [1.165, 1.54) is 18.2 Å². The van der Waals surface area contributed by atoms with Crippen molar-refractivity contribution in [1.29, 1.82) is 0 Å². The van der Waals surface area contributed by atoms with E-state index in [-0.39, 0.29) is 16.5 Å². The number of phenols is 1. The molecule has 0 aliphatic carbocycles. The number of aliphatic carboxylic acids is 1. The predicted octanol–water partition coefficient (Wildman–Crippen LogP) is 2.54. The first kappa shape index (κ1) is 12.4. The third-order valence-corrected chi connectivity index (χ3v) is 2.11. The van der Waals surface area contributed by atoms with Crippen LogP contribution in [-0.2, 0) is 4.79 Å². The number of phenolic OH excluding ortho intramolecular Hbond substituents is 1. The second kappa shape index (κ2) is 5.42. The van der Waals surface area contributed by atoms with Gasteiger partial charge in [0.15, 0.2) is 11.5 Å². The van der Waals surface area contributed by atoms with Gasteiger partial charge in [0.05, 0.1) is 11.6 Å². The molecule has 1 aromatic carbocycles. The molecule has 0 amide bonds. The zero-order chi connectivity index (χ0) is 12.1. The summed E-state index contributed by atoms with van der Waals surface area (Å²) in [5, 5.41) is 18.2. The SMILES string of the molecule is CCOc1cc(C=CC(=O)O)c(Cl)cc1O. The average Bonchev–Trinajstić information content (AvgIpc) is 2.20. The molecule has 0 bridgehead atoms. The maximum absolute atomic E-state index is 10.4. The van der Waals surface area contributed by atoms with Gasteiger partial charge in [0, 0.05) is 12.1 Å². The Balaban J connectivity index is 3.09. The Kier molecular flexibility index (Phi) is 4.19. The van der Waals surface area contributed by atoms with Gasteiger partial charge in [0.1, 0.15) is 0 Å². The van der Waals surface area contributed by atoms with Gasteiger partial charge in [-0.25, -0.2) is 4.79 Å². The molecule has 0 heterocycles. The molecule has 0 saturated carbocycles. The van der Waals surface area contributed by atoms with Crippen LogP contribution in [0.15, 0.2) is 18.2 Å². The Morgan fingerprint density at radius 3 is 2.81 bits per heavy atom. The van der Waals surface area contributed by atoms with Crippen LogP contribution in [-0.4, -0.2) is 22.8 Å². The number of benzene rings is 1. The summed E-state index contributed by atoms with van der Waals surface area (Å²) in [6.45, 7) is 2.18. The van der Waals surface area contributed by atoms with Gasteiger partial charge in [0.2, 0.25) is 0 Å². The van der Waals surface area contributed by atoms with Gasteiger partial charge in [-0.05, 0) is 24.6 Å². The normalized spacial score (nSPS) is 10.6. The number of hydrogen-bond donors (Lipinski definition) is 2. The molecule has 0 aliphatic heterocycles. The van der Waals surface area contributed by atoms with Crippen LogP contribution >= 0.6 is 11.6 Å². The molecule has 0 radical (unpaired) electrons. The zero-order valence-corrected chi connectivity index (χ0v) is 9.36. The van der Waals surface area contributed by atoms with E-state index < -0.39 is 5.97 Å². The summed E-state index contributed by atoms with van der Waals surface area (Å²) in [7, 11) is 0. The van der Waals surface area contributed by atoms with E-state index in [1.807, 2.05) is 0 Å². The molecule has 0 saturated heterocycles. The fraction of sp³-hybridized carbons (Fsp3) is 0.182. The molecule has 2 N–H and O–H groups in total. The van der Waals surface area contributed by atoms with E-state index in [2.05, 4.69) is 0 Å². The number of halogens is 1. The molecule has 5 heteroatoms. The molecule has 0 atom stereocenters. The van der Waals surface area contributed by atoms with E-state index in [9.17, 15) is 9.90 Å². The summed E-state index contributed by atoms with van der Waals surface area (Å²) in [6.07, 6.45) is 2.31. The van der Waals surface area contributed by atoms with E-state index in [4.69, 9.17) is 21.4 Å². The molecule has 0 aliphatic rings. The highest BCUT2D eigenvalue weighted by atomic mass is 35.5. The number of hydrogen-bond acceptors (Lipinski definition) is 3. The van der Waals surface area contributed by atoms with Crippen molar-refractivity contribution in [2.45, 2.75) is 6.92 Å².